The molecule has 0 spiro atoms. The Balaban J connectivity index is 1.70. The third-order valence-corrected chi connectivity index (χ3v) is 9.62. The van der Waals surface area contributed by atoms with E-state index in [1.807, 2.05) is 54.6 Å². The molecule has 320 valence electrons. The number of unbranched alkanes of at least 4 members (excludes halogenated alkanes) is 8. The Bertz CT molecular complexity index is 1400. The molecule has 3 rings (SSSR count). The fourth-order valence-corrected chi connectivity index (χ4v) is 6.37. The first kappa shape index (κ1) is 48.6. The second-order valence-corrected chi connectivity index (χ2v) is 16.4. The molecule has 2 N–H and O–H groups in total. The molecule has 1 fully saturated rings. The molecule has 57 heavy (non-hydrogen) atoms. The van der Waals surface area contributed by atoms with Gasteiger partial charge in [0, 0.05) is 6.61 Å². The van der Waals surface area contributed by atoms with Crippen LogP contribution in [0.2, 0.25) is 0 Å². The highest BCUT2D eigenvalue weighted by molar-refractivity contribution is 6.67. The lowest BCUT2D eigenvalue weighted by atomic mass is 9.96. The van der Waals surface area contributed by atoms with Crippen molar-refractivity contribution in [1.82, 2.24) is 5.32 Å². The molecule has 2 aromatic rings. The summed E-state index contributed by atoms with van der Waals surface area (Å²) in [5, 5.41) is 14.3. The lowest BCUT2D eigenvalue weighted by Gasteiger charge is -2.44. The average Bonchev–Trinajstić information content (AvgIpc) is 3.20. The molecule has 1 amide bonds. The summed E-state index contributed by atoms with van der Waals surface area (Å²) in [6, 6.07) is 15.7. The Hall–Kier alpha value is -2.81. The summed E-state index contributed by atoms with van der Waals surface area (Å²) in [6.45, 7) is 5.51. The molecule has 1 aliphatic heterocycles. The van der Waals surface area contributed by atoms with E-state index in [0.29, 0.717) is 13.0 Å². The van der Waals surface area contributed by atoms with Crippen LogP contribution in [-0.2, 0) is 46.4 Å². The van der Waals surface area contributed by atoms with Crippen LogP contribution in [0.1, 0.15) is 88.7 Å². The Kier molecular flexibility index (Phi) is 23.7. The van der Waals surface area contributed by atoms with E-state index in [0.717, 1.165) is 36.1 Å². The standard InChI is InChI=1S/C42H60Cl3NO11/c1-4-6-7-8-9-10-11-12-16-19-34(53-27-32-20-22-33(50-3)23-21-32)24-26-51-38-36(46-40(48)56-30-42(43,44)45)39(52-25-5-2)57-35(37(38)47)29-55-41(49)54-28-31-17-14-13-15-18-31/h5,13-15,17-18,20-23,34-39,47H,2,4,6-12,16,19,24-30H2,1,3H3,(H,46,48)/t34-,35-,36-,37-,38-,39+/m1/s1. The Morgan fingerprint density at radius 2 is 1.54 bits per heavy atom. The van der Waals surface area contributed by atoms with Gasteiger partial charge in [-0.3, -0.25) is 0 Å². The number of rotatable bonds is 27. The zero-order valence-electron chi connectivity index (χ0n) is 33.1. The summed E-state index contributed by atoms with van der Waals surface area (Å²) < 4.78 is 43.8. The van der Waals surface area contributed by atoms with Crippen molar-refractivity contribution in [3.05, 3.63) is 78.4 Å². The number of carbonyl (C=O) groups is 2. The van der Waals surface area contributed by atoms with E-state index < -0.39 is 59.9 Å². The van der Waals surface area contributed by atoms with E-state index in [9.17, 15) is 14.7 Å². The number of ether oxygens (including phenoxy) is 8. The minimum Gasteiger partial charge on any atom is -0.497 e. The van der Waals surface area contributed by atoms with E-state index >= 15 is 0 Å². The molecule has 15 heteroatoms. The topological polar surface area (TPSA) is 140 Å². The van der Waals surface area contributed by atoms with Gasteiger partial charge in [-0.05, 0) is 36.1 Å². The molecule has 0 radical (unpaired) electrons. The number of alkyl halides is 3. The zero-order valence-corrected chi connectivity index (χ0v) is 35.4. The maximum absolute atomic E-state index is 12.9. The van der Waals surface area contributed by atoms with Crippen molar-refractivity contribution in [1.29, 1.82) is 0 Å². The van der Waals surface area contributed by atoms with Gasteiger partial charge >= 0.3 is 12.2 Å². The number of methoxy groups -OCH3 is 1. The third kappa shape index (κ3) is 20.1. The monoisotopic (exact) mass is 859 g/mol. The molecule has 6 atom stereocenters. The number of hydrogen-bond donors (Lipinski definition) is 2. The highest BCUT2D eigenvalue weighted by atomic mass is 35.6. The van der Waals surface area contributed by atoms with Crippen LogP contribution in [0.4, 0.5) is 9.59 Å². The van der Waals surface area contributed by atoms with Gasteiger partial charge in [-0.1, -0.05) is 148 Å². The number of alkyl carbamates (subject to hydrolysis) is 1. The summed E-state index contributed by atoms with van der Waals surface area (Å²) in [7, 11) is 1.62. The van der Waals surface area contributed by atoms with Gasteiger partial charge in [0.1, 0.15) is 49.9 Å². The predicted octanol–water partition coefficient (Wildman–Crippen LogP) is 9.38. The molecule has 12 nitrogen and oxygen atoms in total. The molecule has 0 aromatic heterocycles. The summed E-state index contributed by atoms with van der Waals surface area (Å²) in [4.78, 5) is 25.4. The summed E-state index contributed by atoms with van der Waals surface area (Å²) in [5.74, 6) is 0.760. The molecule has 1 aliphatic rings. The molecule has 1 saturated heterocycles. The minimum absolute atomic E-state index is 0.00634. The number of carbonyl (C=O) groups excluding carboxylic acids is 2. The van der Waals surface area contributed by atoms with Gasteiger partial charge in [0.15, 0.2) is 6.29 Å². The Morgan fingerprint density at radius 3 is 2.19 bits per heavy atom. The van der Waals surface area contributed by atoms with Crippen LogP contribution in [0.25, 0.3) is 0 Å². The van der Waals surface area contributed by atoms with Crippen LogP contribution in [0.3, 0.4) is 0 Å². The normalized spacial score (nSPS) is 20.0. The van der Waals surface area contributed by atoms with Gasteiger partial charge in [0.25, 0.3) is 0 Å². The number of hydrogen-bond acceptors (Lipinski definition) is 11. The van der Waals surface area contributed by atoms with Gasteiger partial charge < -0.3 is 48.3 Å². The van der Waals surface area contributed by atoms with Crippen LogP contribution in [-0.4, -0.2) is 91.4 Å². The number of amides is 1. The largest absolute Gasteiger partial charge is 0.508 e. The maximum atomic E-state index is 12.9. The molecular formula is C42H60Cl3NO11. The van der Waals surface area contributed by atoms with Crippen molar-refractivity contribution in [2.75, 3.05) is 33.5 Å². The van der Waals surface area contributed by atoms with Gasteiger partial charge in [-0.15, -0.1) is 6.58 Å². The van der Waals surface area contributed by atoms with Crippen molar-refractivity contribution in [3.8, 4) is 5.75 Å². The van der Waals surface area contributed by atoms with E-state index in [4.69, 9.17) is 72.7 Å². The average molecular weight is 861 g/mol. The summed E-state index contributed by atoms with van der Waals surface area (Å²) in [6.07, 6.45) is 6.64. The number of aliphatic hydroxyl groups excluding tert-OH is 1. The van der Waals surface area contributed by atoms with Crippen LogP contribution in [0, 0.1) is 0 Å². The molecule has 0 bridgehead atoms. The quantitative estimate of drug-likeness (QED) is 0.0384. The SMILES string of the molecule is C=CCO[C@H]1O[C@H](COC(=O)OCc2ccccc2)[C@@H](O)[C@H](OCC[C@@H](CCCCCCCCCCC)OCc2ccc(OC)cc2)[C@H]1NC(=O)OCC(Cl)(Cl)Cl. The van der Waals surface area contributed by atoms with Crippen molar-refractivity contribution in [2.45, 2.75) is 131 Å². The number of benzene rings is 2. The Morgan fingerprint density at radius 1 is 0.877 bits per heavy atom. The van der Waals surface area contributed by atoms with Gasteiger partial charge in [-0.25, -0.2) is 9.59 Å². The molecule has 0 aliphatic carbocycles. The van der Waals surface area contributed by atoms with Crippen LogP contribution in [0.5, 0.6) is 5.75 Å². The Labute approximate surface area is 352 Å². The maximum Gasteiger partial charge on any atom is 0.508 e. The lowest BCUT2D eigenvalue weighted by molar-refractivity contribution is -0.274. The first-order chi connectivity index (χ1) is 27.5. The fraction of sp³-hybridized carbons (Fsp3) is 0.619. The van der Waals surface area contributed by atoms with E-state index in [1.165, 1.54) is 51.0 Å². The molecule has 0 saturated carbocycles. The van der Waals surface area contributed by atoms with Crippen molar-refractivity contribution in [2.24, 2.45) is 0 Å². The van der Waals surface area contributed by atoms with E-state index in [-0.39, 0.29) is 25.9 Å². The lowest BCUT2D eigenvalue weighted by Crippen LogP contribution is -2.65. The number of halogens is 3. The number of nitrogens with one attached hydrogen (secondary N) is 1. The minimum atomic E-state index is -1.86. The second-order valence-electron chi connectivity index (χ2n) is 13.9. The smallest absolute Gasteiger partial charge is 0.497 e. The van der Waals surface area contributed by atoms with Gasteiger partial charge in [-0.2, -0.15) is 0 Å². The summed E-state index contributed by atoms with van der Waals surface area (Å²) in [5.41, 5.74) is 1.77. The van der Waals surface area contributed by atoms with E-state index in [1.54, 1.807) is 7.11 Å². The summed E-state index contributed by atoms with van der Waals surface area (Å²) >= 11 is 17.4. The molecule has 0 unspecified atom stereocenters. The van der Waals surface area contributed by atoms with Crippen LogP contribution in [0.15, 0.2) is 67.3 Å². The second kappa shape index (κ2) is 27.8. The van der Waals surface area contributed by atoms with Crippen LogP contribution < -0.4 is 10.1 Å². The van der Waals surface area contributed by atoms with Crippen LogP contribution >= 0.6 is 34.8 Å². The highest BCUT2D eigenvalue weighted by Crippen LogP contribution is 2.28. The fourth-order valence-electron chi connectivity index (χ4n) is 6.21. The first-order valence-electron chi connectivity index (χ1n) is 19.8. The predicted molar refractivity (Wildman–Crippen MR) is 220 cm³/mol. The van der Waals surface area contributed by atoms with Gasteiger partial charge in [0.2, 0.25) is 3.79 Å². The van der Waals surface area contributed by atoms with Crippen molar-refractivity contribution >= 4 is 47.1 Å². The molecular weight excluding hydrogens is 801 g/mol. The molecule has 2 aromatic carbocycles. The zero-order chi connectivity index (χ0) is 41.3. The highest BCUT2D eigenvalue weighted by Gasteiger charge is 2.48. The van der Waals surface area contributed by atoms with Crippen molar-refractivity contribution in [3.63, 3.8) is 0 Å². The van der Waals surface area contributed by atoms with Crippen molar-refractivity contribution < 1.29 is 52.6 Å². The third-order valence-electron chi connectivity index (χ3n) is 9.29. The first-order valence-corrected chi connectivity index (χ1v) is 20.9. The van der Waals surface area contributed by atoms with E-state index in [2.05, 4.69) is 18.8 Å². The molecule has 1 heterocycles. The number of aliphatic hydroxyl groups is 1. The van der Waals surface area contributed by atoms with Gasteiger partial charge in [0.05, 0.1) is 26.4 Å².